The number of Topliss-reactive ketones (excluding diaryl/α,β-unsaturated/α-hetero) is 2. The Hall–Kier alpha value is -8.06. The van der Waals surface area contributed by atoms with Crippen LogP contribution in [0.3, 0.4) is 0 Å². The molecule has 8 heterocycles. The van der Waals surface area contributed by atoms with Gasteiger partial charge in [0.2, 0.25) is 0 Å². The maximum Gasteiger partial charge on any atom is 0.281 e. The molecule has 0 bridgehead atoms. The van der Waals surface area contributed by atoms with Crippen LogP contribution in [0.15, 0.2) is 115 Å². The Kier molecular flexibility index (Phi) is 11.4. The molecule has 19 heteroatoms. The Morgan fingerprint density at radius 2 is 1.31 bits per heavy atom. The molecule has 10 aromatic rings. The van der Waals surface area contributed by atoms with Crippen molar-refractivity contribution in [3.8, 4) is 44.6 Å². The average Bonchev–Trinajstić information content (AvgIpc) is 4.16. The maximum atomic E-state index is 14.9. The first kappa shape index (κ1) is 42.3. The molecule has 0 amide bonds. The van der Waals surface area contributed by atoms with E-state index in [1.807, 2.05) is 86.6 Å². The number of halogens is 3. The van der Waals surface area contributed by atoms with Gasteiger partial charge in [0.25, 0.3) is 6.43 Å². The lowest BCUT2D eigenvalue weighted by atomic mass is 10.0. The Labute approximate surface area is 372 Å². The quantitative estimate of drug-likeness (QED) is 0.114. The van der Waals surface area contributed by atoms with E-state index in [2.05, 4.69) is 45.3 Å². The molecule has 0 saturated heterocycles. The summed E-state index contributed by atoms with van der Waals surface area (Å²) in [5.74, 6) is 0.0813. The molecule has 0 atom stereocenters. The summed E-state index contributed by atoms with van der Waals surface area (Å²) in [6.07, 6.45) is 5.04. The number of pyridine rings is 2. The molecule has 0 aliphatic carbocycles. The molecule has 8 aromatic heterocycles. The number of aryl methyl sites for hydroxylation is 4. The van der Waals surface area contributed by atoms with Crippen molar-refractivity contribution in [3.63, 3.8) is 0 Å². The van der Waals surface area contributed by atoms with Crippen LogP contribution in [0.25, 0.3) is 55.9 Å². The Balaban J connectivity index is 0.000000164. The molecule has 0 aliphatic heterocycles. The van der Waals surface area contributed by atoms with E-state index in [0.717, 1.165) is 33.7 Å². The molecule has 0 saturated carbocycles. The molecule has 0 unspecified atom stereocenters. The molecule has 10 rings (SSSR count). The third kappa shape index (κ3) is 8.68. The summed E-state index contributed by atoms with van der Waals surface area (Å²) < 4.78 is 46.7. The first-order valence-corrected chi connectivity index (χ1v) is 20.9. The molecule has 65 heavy (non-hydrogen) atoms. The van der Waals surface area contributed by atoms with Gasteiger partial charge in [0.05, 0.1) is 46.8 Å². The largest absolute Gasteiger partial charge is 0.292 e. The predicted octanol–water partition coefficient (Wildman–Crippen LogP) is 8.38. The van der Waals surface area contributed by atoms with Crippen molar-refractivity contribution < 1.29 is 22.8 Å². The molecular weight excluding hydrogens is 856 g/mol. The lowest BCUT2D eigenvalue weighted by molar-refractivity contribution is 0.0975. The SMILES string of the molecule is Cc1cnc(C)c(-c2cnn(C)c2C(=O)Cc2cc3nc(-c4ccccc4)nn3cc2F)n1.Cn1ncc(-c2nc(C(F)F)cs2)c1C(=O)Cc1ccn2nc(-c3ccccc3)nc2c1. The second-order valence-electron chi connectivity index (χ2n) is 15.0. The highest BCUT2D eigenvalue weighted by Gasteiger charge is 2.25. The van der Waals surface area contributed by atoms with Crippen molar-refractivity contribution >= 4 is 34.2 Å². The summed E-state index contributed by atoms with van der Waals surface area (Å²) >= 11 is 1.07. The molecule has 2 aromatic carbocycles. The highest BCUT2D eigenvalue weighted by atomic mass is 32.1. The molecule has 0 aliphatic rings. The Bertz CT molecular complexity index is 3380. The van der Waals surface area contributed by atoms with E-state index in [1.54, 1.807) is 43.3 Å². The van der Waals surface area contributed by atoms with Crippen molar-refractivity contribution in [1.29, 1.82) is 0 Å². The second-order valence-corrected chi connectivity index (χ2v) is 15.8. The second kappa shape index (κ2) is 17.6. The van der Waals surface area contributed by atoms with E-state index in [0.29, 0.717) is 61.9 Å². The fourth-order valence-corrected chi connectivity index (χ4v) is 8.05. The average molecular weight is 892 g/mol. The topological polar surface area (TPSA) is 169 Å². The van der Waals surface area contributed by atoms with Crippen molar-refractivity contribution in [3.05, 3.63) is 161 Å². The van der Waals surface area contributed by atoms with Gasteiger partial charge in [0, 0.05) is 61.4 Å². The molecule has 15 nitrogen and oxygen atoms in total. The zero-order valence-corrected chi connectivity index (χ0v) is 36.0. The smallest absolute Gasteiger partial charge is 0.281 e. The maximum absolute atomic E-state index is 14.9. The number of carbonyl (C=O) groups is 2. The summed E-state index contributed by atoms with van der Waals surface area (Å²) in [5, 5.41) is 18.9. The van der Waals surface area contributed by atoms with Gasteiger partial charge in [-0.05, 0) is 37.6 Å². The van der Waals surface area contributed by atoms with Gasteiger partial charge in [0.15, 0.2) is 34.5 Å². The standard InChI is InChI=1S/C24H20FN7O.C22H16F2N6OS/c1-14-11-26-15(2)22(28-14)18-12-27-31(3)23(18)20(33)9-17-10-21-29-24(16-7-5-4-6-8-16)30-32(21)13-19(17)25;1-29-19(15(11-25-29)22-26-16(12-32-22)20(23)24)17(31)9-13-7-8-30-18(10-13)27-21(28-30)14-5-3-2-4-6-14/h4-8,10-13H,9H2,1-3H3;2-8,10-12,20H,9H2,1H3. The van der Waals surface area contributed by atoms with E-state index in [-0.39, 0.29) is 35.7 Å². The number of carbonyl (C=O) groups excluding carboxylic acids is 2. The third-order valence-electron chi connectivity index (χ3n) is 10.4. The minimum absolute atomic E-state index is 0.101. The summed E-state index contributed by atoms with van der Waals surface area (Å²) in [4.78, 5) is 48.3. The lowest BCUT2D eigenvalue weighted by Crippen LogP contribution is -2.13. The van der Waals surface area contributed by atoms with Crippen LogP contribution in [0.2, 0.25) is 0 Å². The minimum atomic E-state index is -2.66. The van der Waals surface area contributed by atoms with Gasteiger partial charge in [-0.15, -0.1) is 21.5 Å². The normalized spacial score (nSPS) is 11.4. The van der Waals surface area contributed by atoms with Crippen LogP contribution >= 0.6 is 11.3 Å². The van der Waals surface area contributed by atoms with Crippen molar-refractivity contribution in [2.24, 2.45) is 14.1 Å². The molecule has 0 radical (unpaired) electrons. The number of fused-ring (bicyclic) bond motifs is 2. The van der Waals surface area contributed by atoms with E-state index >= 15 is 0 Å². The van der Waals surface area contributed by atoms with Gasteiger partial charge in [-0.2, -0.15) is 10.2 Å². The van der Waals surface area contributed by atoms with Gasteiger partial charge >= 0.3 is 0 Å². The van der Waals surface area contributed by atoms with Gasteiger partial charge < -0.3 is 0 Å². The number of hydrogen-bond donors (Lipinski definition) is 0. The molecule has 324 valence electrons. The highest BCUT2D eigenvalue weighted by molar-refractivity contribution is 7.13. The zero-order valence-electron chi connectivity index (χ0n) is 35.1. The van der Waals surface area contributed by atoms with Gasteiger partial charge in [-0.3, -0.25) is 23.9 Å². The monoisotopic (exact) mass is 891 g/mol. The number of benzene rings is 2. The van der Waals surface area contributed by atoms with Crippen molar-refractivity contribution in [1.82, 2.24) is 63.7 Å². The molecular formula is C46H36F3N13O2S. The van der Waals surface area contributed by atoms with Crippen LogP contribution in [0.5, 0.6) is 0 Å². The highest BCUT2D eigenvalue weighted by Crippen LogP contribution is 2.31. The first-order valence-electron chi connectivity index (χ1n) is 20.1. The van der Waals surface area contributed by atoms with Gasteiger partial charge in [0.1, 0.15) is 27.9 Å². The van der Waals surface area contributed by atoms with Crippen LogP contribution in [-0.4, -0.2) is 75.3 Å². The number of aromatic nitrogens is 13. The number of alkyl halides is 2. The Morgan fingerprint density at radius 3 is 1.95 bits per heavy atom. The number of ketones is 2. The number of hydrogen-bond acceptors (Lipinski definition) is 12. The van der Waals surface area contributed by atoms with Crippen LogP contribution < -0.4 is 0 Å². The molecule has 0 N–H and O–H groups in total. The van der Waals surface area contributed by atoms with E-state index < -0.39 is 12.2 Å². The summed E-state index contributed by atoms with van der Waals surface area (Å²) in [7, 11) is 3.33. The van der Waals surface area contributed by atoms with E-state index in [1.165, 1.54) is 31.7 Å². The van der Waals surface area contributed by atoms with Crippen molar-refractivity contribution in [2.75, 3.05) is 0 Å². The zero-order chi connectivity index (χ0) is 45.4. The number of nitrogens with zero attached hydrogens (tertiary/aromatic N) is 13. The van der Waals surface area contributed by atoms with Gasteiger partial charge in [-0.25, -0.2) is 42.1 Å². The number of rotatable bonds is 11. The van der Waals surface area contributed by atoms with Crippen LogP contribution in [0, 0.1) is 19.7 Å². The van der Waals surface area contributed by atoms with Crippen LogP contribution in [0.4, 0.5) is 13.2 Å². The van der Waals surface area contributed by atoms with Gasteiger partial charge in [-0.1, -0.05) is 60.7 Å². The molecule has 0 spiro atoms. The lowest BCUT2D eigenvalue weighted by Gasteiger charge is -2.08. The van der Waals surface area contributed by atoms with E-state index in [9.17, 15) is 22.8 Å². The molecule has 0 fully saturated rings. The number of thiazole rings is 1. The summed E-state index contributed by atoms with van der Waals surface area (Å²) in [5.41, 5.74) is 7.21. The third-order valence-corrected chi connectivity index (χ3v) is 11.3. The van der Waals surface area contributed by atoms with Crippen LogP contribution in [0.1, 0.15) is 55.6 Å². The first-order chi connectivity index (χ1) is 31.4. The Morgan fingerprint density at radius 1 is 0.708 bits per heavy atom. The summed E-state index contributed by atoms with van der Waals surface area (Å²) in [6, 6.07) is 24.2. The van der Waals surface area contributed by atoms with Crippen LogP contribution in [-0.2, 0) is 26.9 Å². The van der Waals surface area contributed by atoms with E-state index in [4.69, 9.17) is 0 Å². The summed E-state index contributed by atoms with van der Waals surface area (Å²) in [6.45, 7) is 3.66. The predicted molar refractivity (Wildman–Crippen MR) is 236 cm³/mol. The minimum Gasteiger partial charge on any atom is -0.292 e. The van der Waals surface area contributed by atoms with Crippen molar-refractivity contribution in [2.45, 2.75) is 33.1 Å². The fraction of sp³-hybridized carbons (Fsp3) is 0.152. The fourth-order valence-electron chi connectivity index (χ4n) is 7.23.